The maximum atomic E-state index is 10.2. The van der Waals surface area contributed by atoms with Gasteiger partial charge in [-0.1, -0.05) is 0 Å². The molecule has 0 spiro atoms. The molecule has 0 aromatic rings. The molecule has 0 unspecified atom stereocenters. The minimum atomic E-state index is -0.547. The normalized spacial score (nSPS) is 8.56. The second kappa shape index (κ2) is 4.74. The largest absolute Gasteiger partial charge is 0.466 e. The summed E-state index contributed by atoms with van der Waals surface area (Å²) in [7, 11) is 1.23. The lowest BCUT2D eigenvalue weighted by Crippen LogP contribution is -1.92. The molecule has 0 saturated carbocycles. The van der Waals surface area contributed by atoms with E-state index in [1.54, 1.807) is 0 Å². The molecule has 0 bridgehead atoms. The van der Waals surface area contributed by atoms with Crippen molar-refractivity contribution in [1.82, 2.24) is 0 Å². The smallest absolute Gasteiger partial charge is 0.332 e. The van der Waals surface area contributed by atoms with E-state index in [1.807, 2.05) is 0 Å². The Morgan fingerprint density at radius 3 is 2.89 bits per heavy atom. The van der Waals surface area contributed by atoms with Crippen molar-refractivity contribution in [1.29, 1.82) is 0 Å². The lowest BCUT2D eigenvalue weighted by Gasteiger charge is -1.84. The summed E-state index contributed by atoms with van der Waals surface area (Å²) in [6, 6.07) is 0. The third kappa shape index (κ3) is 4.44. The van der Waals surface area contributed by atoms with Gasteiger partial charge < -0.3 is 4.74 Å². The van der Waals surface area contributed by atoms with Crippen molar-refractivity contribution in [3.63, 3.8) is 0 Å². The first-order valence-corrected chi connectivity index (χ1v) is 2.12. The van der Waals surface area contributed by atoms with Crippen molar-refractivity contribution in [3.8, 4) is 0 Å². The number of hydrogen-bond donors (Lipinski definition) is 0. The molecule has 0 saturated heterocycles. The van der Waals surface area contributed by atoms with Crippen LogP contribution >= 0.6 is 0 Å². The van der Waals surface area contributed by atoms with Crippen LogP contribution in [0.2, 0.25) is 0 Å². The predicted molar refractivity (Wildman–Crippen MR) is 29.3 cm³/mol. The van der Waals surface area contributed by atoms with Crippen molar-refractivity contribution in [2.45, 2.75) is 0 Å². The van der Waals surface area contributed by atoms with Gasteiger partial charge in [0, 0.05) is 12.3 Å². The summed E-state index contributed by atoms with van der Waals surface area (Å²) < 4.78 is 4.18. The van der Waals surface area contributed by atoms with Gasteiger partial charge in [0.1, 0.15) is 0 Å². The zero-order valence-electron chi connectivity index (χ0n) is 4.83. The second-order valence-corrected chi connectivity index (χ2v) is 1.06. The summed E-state index contributed by atoms with van der Waals surface area (Å²) in [5, 5.41) is 0. The molecule has 0 rings (SSSR count). The van der Waals surface area contributed by atoms with E-state index in [9.17, 15) is 9.59 Å². The topological polar surface area (TPSA) is 55.7 Å². The number of ether oxygens (including phenoxy) is 1. The number of methoxy groups -OCH3 is 1. The number of carbonyl (C=O) groups is 1. The predicted octanol–water partition coefficient (Wildman–Crippen LogP) is 0.00890. The van der Waals surface area contributed by atoms with Crippen molar-refractivity contribution >= 4 is 12.0 Å². The van der Waals surface area contributed by atoms with E-state index < -0.39 is 5.97 Å². The highest BCUT2D eigenvalue weighted by molar-refractivity contribution is 5.81. The van der Waals surface area contributed by atoms with E-state index in [0.29, 0.717) is 0 Å². The Labute approximate surface area is 51.8 Å². The Hall–Kier alpha value is -1.41. The van der Waals surface area contributed by atoms with E-state index in [0.717, 1.165) is 12.3 Å². The molecule has 0 atom stereocenters. The molecule has 0 aliphatic rings. The van der Waals surface area contributed by atoms with Gasteiger partial charge in [0.2, 0.25) is 6.08 Å². The highest BCUT2D eigenvalue weighted by Crippen LogP contribution is 1.76. The van der Waals surface area contributed by atoms with Gasteiger partial charge in [-0.3, -0.25) is 0 Å². The molecular weight excluding hydrogens is 122 g/mol. The summed E-state index contributed by atoms with van der Waals surface area (Å²) in [6.07, 6.45) is 3.26. The Bertz CT molecular complexity index is 167. The number of hydrogen-bond acceptors (Lipinski definition) is 4. The Morgan fingerprint density at radius 2 is 2.44 bits per heavy atom. The summed E-state index contributed by atoms with van der Waals surface area (Å²) in [5.41, 5.74) is 0. The van der Waals surface area contributed by atoms with Gasteiger partial charge in [0.05, 0.1) is 7.11 Å². The molecular formula is C5H5NO3. The zero-order chi connectivity index (χ0) is 7.11. The van der Waals surface area contributed by atoms with Crippen LogP contribution in [0.1, 0.15) is 0 Å². The Balaban J connectivity index is 3.70. The molecule has 4 heteroatoms. The summed E-state index contributed by atoms with van der Waals surface area (Å²) in [5.74, 6) is -0.547. The number of nitrogens with zero attached hydrogens (tertiary/aromatic N) is 1. The SMILES string of the molecule is COC(=O)/C=C\N=C=O. The van der Waals surface area contributed by atoms with Crippen molar-refractivity contribution in [2.75, 3.05) is 7.11 Å². The van der Waals surface area contributed by atoms with Gasteiger partial charge in [-0.15, -0.1) is 0 Å². The second-order valence-electron chi connectivity index (χ2n) is 1.06. The number of carbonyl (C=O) groups excluding carboxylic acids is 2. The number of aliphatic imine (C=N–C) groups is 1. The highest BCUT2D eigenvalue weighted by atomic mass is 16.5. The maximum Gasteiger partial charge on any atom is 0.332 e. The van der Waals surface area contributed by atoms with Crippen LogP contribution in [0.15, 0.2) is 17.3 Å². The van der Waals surface area contributed by atoms with Crippen molar-refractivity contribution in [2.24, 2.45) is 4.99 Å². The fourth-order valence-electron chi connectivity index (χ4n) is 0.197. The molecule has 0 radical (unpaired) electrons. The van der Waals surface area contributed by atoms with Crippen LogP contribution in [0.25, 0.3) is 0 Å². The molecule has 0 aliphatic carbocycles. The minimum absolute atomic E-state index is 0.547. The Kier molecular flexibility index (Phi) is 4.00. The van der Waals surface area contributed by atoms with Crippen LogP contribution < -0.4 is 0 Å². The molecule has 48 valence electrons. The van der Waals surface area contributed by atoms with Crippen LogP contribution in [0, 0.1) is 0 Å². The van der Waals surface area contributed by atoms with Crippen LogP contribution in [0.5, 0.6) is 0 Å². The summed E-state index contributed by atoms with van der Waals surface area (Å²) in [6.45, 7) is 0. The maximum absolute atomic E-state index is 10.2. The molecule has 4 nitrogen and oxygen atoms in total. The molecule has 0 fully saturated rings. The van der Waals surface area contributed by atoms with Gasteiger partial charge >= 0.3 is 5.97 Å². The van der Waals surface area contributed by atoms with E-state index in [1.165, 1.54) is 13.2 Å². The van der Waals surface area contributed by atoms with Crippen LogP contribution in [0.4, 0.5) is 0 Å². The average Bonchev–Trinajstić information content (AvgIpc) is 1.89. The molecule has 0 aromatic heterocycles. The van der Waals surface area contributed by atoms with Crippen LogP contribution in [-0.4, -0.2) is 19.2 Å². The molecule has 9 heavy (non-hydrogen) atoms. The van der Waals surface area contributed by atoms with Gasteiger partial charge in [0.15, 0.2) is 0 Å². The number of esters is 1. The highest BCUT2D eigenvalue weighted by Gasteiger charge is 1.86. The van der Waals surface area contributed by atoms with Crippen molar-refractivity contribution in [3.05, 3.63) is 12.3 Å². The van der Waals surface area contributed by atoms with E-state index in [4.69, 9.17) is 0 Å². The molecule has 0 N–H and O–H groups in total. The molecule has 0 amide bonds. The van der Waals surface area contributed by atoms with Crippen LogP contribution in [-0.2, 0) is 14.3 Å². The van der Waals surface area contributed by atoms with Gasteiger partial charge in [-0.25, -0.2) is 9.59 Å². The lowest BCUT2D eigenvalue weighted by atomic mass is 10.6. The molecule has 0 aromatic carbocycles. The van der Waals surface area contributed by atoms with Crippen LogP contribution in [0.3, 0.4) is 0 Å². The zero-order valence-corrected chi connectivity index (χ0v) is 4.83. The van der Waals surface area contributed by atoms with Gasteiger partial charge in [-0.05, 0) is 0 Å². The first kappa shape index (κ1) is 7.59. The number of isocyanates is 1. The van der Waals surface area contributed by atoms with E-state index in [2.05, 4.69) is 9.73 Å². The quantitative estimate of drug-likeness (QED) is 0.227. The third-order valence-electron chi connectivity index (χ3n) is 0.539. The van der Waals surface area contributed by atoms with E-state index in [-0.39, 0.29) is 0 Å². The monoisotopic (exact) mass is 127 g/mol. The first-order valence-electron chi connectivity index (χ1n) is 2.12. The standard InChI is InChI=1S/C5H5NO3/c1-9-5(8)2-3-6-4-7/h2-3H,1H3/b3-2-. The average molecular weight is 127 g/mol. The van der Waals surface area contributed by atoms with Gasteiger partial charge in [-0.2, -0.15) is 4.99 Å². The minimum Gasteiger partial charge on any atom is -0.466 e. The molecule has 0 aliphatic heterocycles. The fraction of sp³-hybridized carbons (Fsp3) is 0.200. The summed E-state index contributed by atoms with van der Waals surface area (Å²) >= 11 is 0. The number of rotatable bonds is 2. The fourth-order valence-corrected chi connectivity index (χ4v) is 0.197. The third-order valence-corrected chi connectivity index (χ3v) is 0.539. The van der Waals surface area contributed by atoms with E-state index >= 15 is 0 Å². The molecule has 0 heterocycles. The van der Waals surface area contributed by atoms with Crippen molar-refractivity contribution < 1.29 is 14.3 Å². The van der Waals surface area contributed by atoms with Gasteiger partial charge in [0.25, 0.3) is 0 Å². The lowest BCUT2D eigenvalue weighted by molar-refractivity contribution is -0.134. The summed E-state index contributed by atoms with van der Waals surface area (Å²) in [4.78, 5) is 22.5. The first-order chi connectivity index (χ1) is 4.31. The Morgan fingerprint density at radius 1 is 1.78 bits per heavy atom.